The van der Waals surface area contributed by atoms with Crippen LogP contribution in [0.2, 0.25) is 0 Å². The number of nitrogens with one attached hydrogen (secondary N) is 2. The summed E-state index contributed by atoms with van der Waals surface area (Å²) in [5.41, 5.74) is 3.00. The van der Waals surface area contributed by atoms with Crippen LogP contribution in [0.15, 0.2) is 60.0 Å². The first-order valence-electron chi connectivity index (χ1n) is 10.2. The maximum Gasteiger partial charge on any atom is 0.333 e. The summed E-state index contributed by atoms with van der Waals surface area (Å²) in [6, 6.07) is 17.7. The van der Waals surface area contributed by atoms with Crippen LogP contribution in [0.3, 0.4) is 0 Å². The van der Waals surface area contributed by atoms with E-state index in [0.29, 0.717) is 11.6 Å². The van der Waals surface area contributed by atoms with E-state index in [0.717, 1.165) is 29.0 Å². The van der Waals surface area contributed by atoms with Gasteiger partial charge in [0.25, 0.3) is 0 Å². The van der Waals surface area contributed by atoms with Gasteiger partial charge in [0.05, 0.1) is 25.9 Å². The molecule has 0 atom stereocenters. The Hall–Kier alpha value is -2.40. The van der Waals surface area contributed by atoms with E-state index >= 15 is 0 Å². The van der Waals surface area contributed by atoms with E-state index in [1.165, 1.54) is 11.3 Å². The van der Waals surface area contributed by atoms with Crippen molar-refractivity contribution in [2.45, 2.75) is 23.6 Å². The van der Waals surface area contributed by atoms with Crippen LogP contribution in [0.1, 0.15) is 12.0 Å². The highest BCUT2D eigenvalue weighted by atomic mass is 35.5. The van der Waals surface area contributed by atoms with E-state index in [2.05, 4.69) is 33.5 Å². The summed E-state index contributed by atoms with van der Waals surface area (Å²) in [5.74, 6) is 0.790. The third kappa shape index (κ3) is 12.2. The van der Waals surface area contributed by atoms with E-state index in [1.807, 2.05) is 60.0 Å². The zero-order valence-electron chi connectivity index (χ0n) is 18.5. The molecule has 0 aliphatic carbocycles. The summed E-state index contributed by atoms with van der Waals surface area (Å²) in [6.45, 7) is -2.06. The quantitative estimate of drug-likeness (QED) is 0.219. The molecule has 2 N–H and O–H groups in total. The minimum Gasteiger partial charge on any atom is -0.497 e. The fourth-order valence-electron chi connectivity index (χ4n) is 2.66. The number of alkyl halides is 6. The third-order valence-corrected chi connectivity index (χ3v) is 5.30. The number of carbonyl (C=O) groups is 1. The average molecular weight is 552 g/mol. The fourth-order valence-corrected chi connectivity index (χ4v) is 3.58. The predicted octanol–water partition coefficient (Wildman–Crippen LogP) is 6.63. The van der Waals surface area contributed by atoms with Crippen LogP contribution in [-0.2, 0) is 11.2 Å². The van der Waals surface area contributed by atoms with Crippen molar-refractivity contribution in [3.8, 4) is 17.0 Å². The molecular weight excluding hydrogens is 529 g/mol. The number of amides is 1. The Bertz CT molecular complexity index is 1030. The van der Waals surface area contributed by atoms with Crippen LogP contribution in [0.25, 0.3) is 11.3 Å². The lowest BCUT2D eigenvalue weighted by molar-refractivity contribution is -0.116. The van der Waals surface area contributed by atoms with Crippen molar-refractivity contribution in [3.05, 3.63) is 65.5 Å². The van der Waals surface area contributed by atoms with Crippen molar-refractivity contribution in [1.82, 2.24) is 10.3 Å². The van der Waals surface area contributed by atoms with Crippen LogP contribution in [-0.4, -0.2) is 41.9 Å². The maximum atomic E-state index is 12.1. The van der Waals surface area contributed by atoms with Crippen LogP contribution in [0, 0.1) is 0 Å². The van der Waals surface area contributed by atoms with Gasteiger partial charge in [-0.3, -0.25) is 4.79 Å². The topological polar surface area (TPSA) is 63.2 Å². The molecule has 1 heterocycles. The maximum absolute atomic E-state index is 12.1. The Balaban J connectivity index is 0.000000334. The van der Waals surface area contributed by atoms with Gasteiger partial charge in [-0.1, -0.05) is 30.3 Å². The number of hydrogen-bond acceptors (Lipinski definition) is 5. The number of nitrogens with zero attached hydrogens (tertiary/aromatic N) is 1. The lowest BCUT2D eigenvalue weighted by atomic mass is 10.1. The molecule has 0 spiro atoms. The first-order valence-corrected chi connectivity index (χ1v) is 11.9. The SMILES string of the molecule is COc1ccc(-c2csc(NC(=O)CCc3ccccc3)n2)cc1.FC(F)(Cl)CNCC(F)(F)Cl. The fraction of sp³-hybridized carbons (Fsp3) is 0.304. The predicted molar refractivity (Wildman–Crippen MR) is 132 cm³/mol. The molecular formula is C23H23Cl2F4N3O2S. The minimum atomic E-state index is -3.51. The number of methoxy groups -OCH3 is 1. The van der Waals surface area contributed by atoms with Crippen molar-refractivity contribution in [3.63, 3.8) is 0 Å². The second kappa shape index (κ2) is 13.6. The number of hydrogen-bond donors (Lipinski definition) is 2. The van der Waals surface area contributed by atoms with E-state index in [9.17, 15) is 22.4 Å². The summed E-state index contributed by atoms with van der Waals surface area (Å²) < 4.78 is 52.0. The number of aromatic nitrogens is 1. The van der Waals surface area contributed by atoms with Gasteiger partial charge in [0.15, 0.2) is 5.13 Å². The Morgan fingerprint density at radius 2 is 1.60 bits per heavy atom. The summed E-state index contributed by atoms with van der Waals surface area (Å²) >= 11 is 10.2. The number of aryl methyl sites for hydroxylation is 1. The number of thiazole rings is 1. The first kappa shape index (κ1) is 28.8. The van der Waals surface area contributed by atoms with Crippen molar-refractivity contribution >= 4 is 45.6 Å². The van der Waals surface area contributed by atoms with Gasteiger partial charge < -0.3 is 15.4 Å². The highest BCUT2D eigenvalue weighted by Crippen LogP contribution is 2.26. The van der Waals surface area contributed by atoms with Crippen molar-refractivity contribution in [1.29, 1.82) is 0 Å². The Morgan fingerprint density at radius 1 is 1.00 bits per heavy atom. The van der Waals surface area contributed by atoms with Crippen molar-refractivity contribution < 1.29 is 27.1 Å². The molecule has 0 fully saturated rings. The van der Waals surface area contributed by atoms with Gasteiger partial charge in [-0.2, -0.15) is 17.6 Å². The molecule has 0 unspecified atom stereocenters. The molecule has 5 nitrogen and oxygen atoms in total. The lowest BCUT2D eigenvalue weighted by Crippen LogP contribution is -2.34. The number of rotatable bonds is 10. The van der Waals surface area contributed by atoms with E-state index < -0.39 is 23.9 Å². The molecule has 0 saturated carbocycles. The second-order valence-electron chi connectivity index (χ2n) is 7.13. The van der Waals surface area contributed by atoms with Crippen LogP contribution in [0.4, 0.5) is 22.7 Å². The monoisotopic (exact) mass is 551 g/mol. The molecule has 0 bridgehead atoms. The van der Waals surface area contributed by atoms with Gasteiger partial charge in [0, 0.05) is 17.4 Å². The molecule has 3 rings (SSSR count). The highest BCUT2D eigenvalue weighted by Gasteiger charge is 2.28. The molecule has 0 aliphatic heterocycles. The Kier molecular flexibility index (Phi) is 11.2. The van der Waals surface area contributed by atoms with E-state index in [4.69, 9.17) is 4.74 Å². The zero-order valence-corrected chi connectivity index (χ0v) is 20.9. The molecule has 12 heteroatoms. The van der Waals surface area contributed by atoms with Gasteiger partial charge in [-0.15, -0.1) is 11.3 Å². The normalized spacial score (nSPS) is 11.4. The highest BCUT2D eigenvalue weighted by molar-refractivity contribution is 7.14. The number of carbonyl (C=O) groups excluding carboxylic acids is 1. The van der Waals surface area contributed by atoms with E-state index in [-0.39, 0.29) is 5.91 Å². The van der Waals surface area contributed by atoms with Crippen LogP contribution >= 0.6 is 34.5 Å². The molecule has 3 aromatic rings. The number of benzene rings is 2. The largest absolute Gasteiger partial charge is 0.497 e. The Morgan fingerprint density at radius 3 is 2.14 bits per heavy atom. The minimum absolute atomic E-state index is 0.0190. The number of ether oxygens (including phenoxy) is 1. The van der Waals surface area contributed by atoms with Gasteiger partial charge in [0.2, 0.25) is 5.91 Å². The summed E-state index contributed by atoms with van der Waals surface area (Å²) in [4.78, 5) is 16.5. The van der Waals surface area contributed by atoms with Crippen LogP contribution < -0.4 is 15.4 Å². The van der Waals surface area contributed by atoms with Gasteiger partial charge in [-0.25, -0.2) is 4.98 Å². The van der Waals surface area contributed by atoms with Gasteiger partial charge in [0.1, 0.15) is 5.75 Å². The summed E-state index contributed by atoms with van der Waals surface area (Å²) in [6.07, 6.45) is 1.17. The first-order chi connectivity index (χ1) is 16.4. The zero-order chi connectivity index (χ0) is 25.9. The standard InChI is InChI=1S/C19H18N2O2S.C4H5Cl2F4N/c1-23-16-10-8-15(9-11-16)17-13-24-19(20-17)21-18(22)12-7-14-5-3-2-4-6-14;5-3(7,8)1-11-2-4(6,9)10/h2-6,8-11,13H,7,12H2,1H3,(H,20,21,22);11H,1-2H2. The average Bonchev–Trinajstić information content (AvgIpc) is 3.25. The Labute approximate surface area is 214 Å². The summed E-state index contributed by atoms with van der Waals surface area (Å²) in [7, 11) is 1.64. The van der Waals surface area contributed by atoms with Gasteiger partial charge >= 0.3 is 10.8 Å². The molecule has 2 aromatic carbocycles. The molecule has 190 valence electrons. The number of halogens is 6. The lowest BCUT2D eigenvalue weighted by Gasteiger charge is -2.11. The van der Waals surface area contributed by atoms with Gasteiger partial charge in [-0.05, 0) is 59.5 Å². The second-order valence-corrected chi connectivity index (χ2v) is 9.10. The molecule has 0 aliphatic rings. The molecule has 1 amide bonds. The summed E-state index contributed by atoms with van der Waals surface area (Å²) in [5, 5.41) is 0.110. The molecule has 0 radical (unpaired) electrons. The smallest absolute Gasteiger partial charge is 0.333 e. The molecule has 1 aromatic heterocycles. The van der Waals surface area contributed by atoms with E-state index in [1.54, 1.807) is 12.4 Å². The molecule has 0 saturated heterocycles. The third-order valence-electron chi connectivity index (χ3n) is 4.27. The molecule has 35 heavy (non-hydrogen) atoms. The van der Waals surface area contributed by atoms with Crippen LogP contribution in [0.5, 0.6) is 5.75 Å². The van der Waals surface area contributed by atoms with Crippen molar-refractivity contribution in [2.24, 2.45) is 0 Å². The van der Waals surface area contributed by atoms with Crippen molar-refractivity contribution in [2.75, 3.05) is 25.5 Å². The number of anilines is 1.